The Morgan fingerprint density at radius 3 is 2.43 bits per heavy atom. The average Bonchev–Trinajstić information content (AvgIpc) is 3.50. The average molecular weight is 490 g/mol. The summed E-state index contributed by atoms with van der Waals surface area (Å²) < 4.78 is 39.5. The Kier molecular flexibility index (Phi) is 5.87. The van der Waals surface area contributed by atoms with Crippen LogP contribution in [-0.4, -0.2) is 30.9 Å². The van der Waals surface area contributed by atoms with Crippen LogP contribution in [0.25, 0.3) is 22.1 Å². The van der Waals surface area contributed by atoms with Gasteiger partial charge in [0.2, 0.25) is 0 Å². The predicted molar refractivity (Wildman–Crippen MR) is 134 cm³/mol. The van der Waals surface area contributed by atoms with E-state index in [0.29, 0.717) is 28.2 Å². The van der Waals surface area contributed by atoms with Crippen LogP contribution in [0.1, 0.15) is 12.6 Å². The van der Waals surface area contributed by atoms with Crippen LogP contribution in [0.4, 0.5) is 17.3 Å². The first kappa shape index (κ1) is 22.5. The van der Waals surface area contributed by atoms with E-state index >= 15 is 0 Å². The lowest BCUT2D eigenvalue weighted by Gasteiger charge is -2.10. The van der Waals surface area contributed by atoms with Crippen molar-refractivity contribution in [1.82, 2.24) is 15.4 Å². The number of benzene rings is 3. The summed E-state index contributed by atoms with van der Waals surface area (Å²) >= 11 is 0. The lowest BCUT2D eigenvalue weighted by atomic mass is 10.1. The maximum absolute atomic E-state index is 13.0. The van der Waals surface area contributed by atoms with Gasteiger partial charge >= 0.3 is 0 Å². The summed E-state index contributed by atoms with van der Waals surface area (Å²) in [5, 5.41) is 14.7. The topological polar surface area (TPSA) is 122 Å². The minimum absolute atomic E-state index is 0.0741. The standard InChI is InChI=1S/C25H23N5O4S/c1-3-18-13-24(28-27-18)26-21-15-22-20(14-23(21)33-2)25(29-34-22)30-35(31,32)19-11-9-17(10-12-19)16-7-5-4-6-8-16/h4-15H,3H2,1-2H3,(H,29,30)(H2,26,27,28). The monoisotopic (exact) mass is 489 g/mol. The number of H-pyrrole nitrogens is 1. The van der Waals surface area contributed by atoms with Gasteiger partial charge < -0.3 is 14.6 Å². The second-order valence-corrected chi connectivity index (χ2v) is 9.52. The second kappa shape index (κ2) is 9.15. The van der Waals surface area contributed by atoms with E-state index in [1.54, 1.807) is 36.4 Å². The van der Waals surface area contributed by atoms with Crippen molar-refractivity contribution in [3.05, 3.63) is 78.5 Å². The van der Waals surface area contributed by atoms with Gasteiger partial charge in [-0.15, -0.1) is 0 Å². The molecule has 0 amide bonds. The van der Waals surface area contributed by atoms with E-state index < -0.39 is 10.0 Å². The van der Waals surface area contributed by atoms with Crippen LogP contribution < -0.4 is 14.8 Å². The van der Waals surface area contributed by atoms with Crippen LogP contribution in [-0.2, 0) is 16.4 Å². The highest BCUT2D eigenvalue weighted by Gasteiger charge is 2.20. The van der Waals surface area contributed by atoms with Gasteiger partial charge in [-0.05, 0) is 35.7 Å². The molecule has 5 aromatic rings. The number of aromatic amines is 1. The fraction of sp³-hybridized carbons (Fsp3) is 0.120. The number of anilines is 3. The number of fused-ring (bicyclic) bond motifs is 1. The molecule has 0 spiro atoms. The quantitative estimate of drug-likeness (QED) is 0.269. The van der Waals surface area contributed by atoms with Crippen LogP contribution in [0.3, 0.4) is 0 Å². The normalized spacial score (nSPS) is 11.5. The molecule has 3 N–H and O–H groups in total. The maximum atomic E-state index is 13.0. The summed E-state index contributed by atoms with van der Waals surface area (Å²) in [4.78, 5) is 0.115. The molecule has 9 nitrogen and oxygen atoms in total. The third kappa shape index (κ3) is 4.56. The van der Waals surface area contributed by atoms with Gasteiger partial charge in [-0.3, -0.25) is 9.82 Å². The minimum Gasteiger partial charge on any atom is -0.495 e. The minimum atomic E-state index is -3.90. The first-order valence-electron chi connectivity index (χ1n) is 10.9. The number of sulfonamides is 1. The number of aromatic nitrogens is 3. The van der Waals surface area contributed by atoms with Crippen molar-refractivity contribution in [2.75, 3.05) is 17.1 Å². The summed E-state index contributed by atoms with van der Waals surface area (Å²) in [6.07, 6.45) is 0.825. The lowest BCUT2D eigenvalue weighted by Crippen LogP contribution is -2.13. The van der Waals surface area contributed by atoms with Crippen molar-refractivity contribution >= 4 is 38.3 Å². The van der Waals surface area contributed by atoms with Gasteiger partial charge in [0, 0.05) is 17.8 Å². The van der Waals surface area contributed by atoms with Crippen LogP contribution in [0, 0.1) is 0 Å². The number of ether oxygens (including phenoxy) is 1. The zero-order chi connectivity index (χ0) is 24.4. The van der Waals surface area contributed by atoms with E-state index in [-0.39, 0.29) is 10.7 Å². The highest BCUT2D eigenvalue weighted by atomic mass is 32.2. The van der Waals surface area contributed by atoms with Crippen molar-refractivity contribution in [2.24, 2.45) is 0 Å². The molecule has 35 heavy (non-hydrogen) atoms. The number of nitrogens with one attached hydrogen (secondary N) is 3. The summed E-state index contributed by atoms with van der Waals surface area (Å²) in [6, 6.07) is 21.6. The van der Waals surface area contributed by atoms with Crippen molar-refractivity contribution in [3.63, 3.8) is 0 Å². The summed E-state index contributed by atoms with van der Waals surface area (Å²) in [5.74, 6) is 1.18. The Hall–Kier alpha value is -4.31. The van der Waals surface area contributed by atoms with E-state index in [9.17, 15) is 8.42 Å². The molecule has 5 rings (SSSR count). The second-order valence-electron chi connectivity index (χ2n) is 7.83. The third-order valence-electron chi connectivity index (χ3n) is 5.57. The molecule has 0 aliphatic heterocycles. The highest BCUT2D eigenvalue weighted by Crippen LogP contribution is 2.36. The van der Waals surface area contributed by atoms with Gasteiger partial charge in [-0.1, -0.05) is 54.5 Å². The van der Waals surface area contributed by atoms with Gasteiger partial charge in [-0.2, -0.15) is 5.10 Å². The van der Waals surface area contributed by atoms with Crippen molar-refractivity contribution in [3.8, 4) is 16.9 Å². The van der Waals surface area contributed by atoms with Gasteiger partial charge in [0.25, 0.3) is 10.0 Å². The van der Waals surface area contributed by atoms with Crippen LogP contribution in [0.15, 0.2) is 82.2 Å². The van der Waals surface area contributed by atoms with Crippen LogP contribution >= 0.6 is 0 Å². The Labute approximate surface area is 202 Å². The van der Waals surface area contributed by atoms with E-state index in [4.69, 9.17) is 9.26 Å². The SMILES string of the molecule is CCc1cc(Nc2cc3onc(NS(=O)(=O)c4ccc(-c5ccccc5)cc4)c3cc2OC)n[nH]1. The zero-order valence-electron chi connectivity index (χ0n) is 19.1. The Morgan fingerprint density at radius 2 is 1.74 bits per heavy atom. The molecule has 0 saturated heterocycles. The van der Waals surface area contributed by atoms with Gasteiger partial charge in [0.15, 0.2) is 17.2 Å². The van der Waals surface area contributed by atoms with Crippen LogP contribution in [0.5, 0.6) is 5.75 Å². The van der Waals surface area contributed by atoms with Gasteiger partial charge in [0.1, 0.15) is 5.75 Å². The van der Waals surface area contributed by atoms with Gasteiger partial charge in [-0.25, -0.2) is 8.42 Å². The molecule has 3 aromatic carbocycles. The number of nitrogens with zero attached hydrogens (tertiary/aromatic N) is 2. The summed E-state index contributed by atoms with van der Waals surface area (Å²) in [6.45, 7) is 2.03. The summed E-state index contributed by atoms with van der Waals surface area (Å²) in [5.41, 5.74) is 3.90. The largest absolute Gasteiger partial charge is 0.495 e. The smallest absolute Gasteiger partial charge is 0.263 e. The highest BCUT2D eigenvalue weighted by molar-refractivity contribution is 7.92. The molecular weight excluding hydrogens is 466 g/mol. The molecule has 0 saturated carbocycles. The Bertz CT molecular complexity index is 1580. The lowest BCUT2D eigenvalue weighted by molar-refractivity contribution is 0.417. The maximum Gasteiger partial charge on any atom is 0.263 e. The first-order valence-corrected chi connectivity index (χ1v) is 12.4. The third-order valence-corrected chi connectivity index (χ3v) is 6.92. The molecule has 2 aromatic heterocycles. The predicted octanol–water partition coefficient (Wildman–Crippen LogP) is 5.33. The number of aryl methyl sites for hydroxylation is 1. The number of rotatable bonds is 8. The zero-order valence-corrected chi connectivity index (χ0v) is 19.9. The fourth-order valence-corrected chi connectivity index (χ4v) is 4.71. The van der Waals surface area contributed by atoms with E-state index in [1.165, 1.54) is 7.11 Å². The first-order chi connectivity index (χ1) is 17.0. The summed E-state index contributed by atoms with van der Waals surface area (Å²) in [7, 11) is -2.37. The van der Waals surface area contributed by atoms with E-state index in [2.05, 4.69) is 25.4 Å². The van der Waals surface area contributed by atoms with Gasteiger partial charge in [0.05, 0.1) is 23.1 Å². The molecule has 0 unspecified atom stereocenters. The molecule has 0 aliphatic rings. The molecule has 0 aliphatic carbocycles. The molecule has 0 atom stereocenters. The number of hydrogen-bond acceptors (Lipinski definition) is 7. The Morgan fingerprint density at radius 1 is 1.00 bits per heavy atom. The fourth-order valence-electron chi connectivity index (χ4n) is 3.69. The van der Waals surface area contributed by atoms with Crippen molar-refractivity contribution < 1.29 is 17.7 Å². The number of methoxy groups -OCH3 is 1. The molecule has 0 radical (unpaired) electrons. The van der Waals surface area contributed by atoms with E-state index in [0.717, 1.165) is 23.2 Å². The Balaban J connectivity index is 1.41. The molecule has 178 valence electrons. The molecule has 10 heteroatoms. The molecule has 0 fully saturated rings. The number of hydrogen-bond donors (Lipinski definition) is 3. The molecule has 0 bridgehead atoms. The van der Waals surface area contributed by atoms with Crippen molar-refractivity contribution in [1.29, 1.82) is 0 Å². The molecule has 2 heterocycles. The van der Waals surface area contributed by atoms with Crippen LogP contribution in [0.2, 0.25) is 0 Å². The van der Waals surface area contributed by atoms with Crippen molar-refractivity contribution in [2.45, 2.75) is 18.2 Å². The molecular formula is C25H23N5O4S. The van der Waals surface area contributed by atoms with E-state index in [1.807, 2.05) is 43.3 Å².